The van der Waals surface area contributed by atoms with Gasteiger partial charge in [0.2, 0.25) is 0 Å². The van der Waals surface area contributed by atoms with E-state index in [0.717, 1.165) is 12.1 Å². The largest absolute Gasteiger partial charge is 0.490 e. The van der Waals surface area contributed by atoms with E-state index in [0.29, 0.717) is 33.5 Å². The number of fused-ring (bicyclic) bond motifs is 1. The number of aliphatic hydroxyl groups excluding tert-OH is 1. The standard InChI is InChI=1S/C29H25F4N5O4/c1-15(2)41-22-4-3-16(7-17(22)10-34)19-11-36-26-24(19)23(5-6-35-26)42-25-20(30)8-18(9-21(25)31)38-28-37-12-29(13-39,14-40-28)27(32)33/h3-9,11,15,27,39H,12-14H2,1-2H3,(H,35,36)(H,37,38). The molecule has 2 aromatic carbocycles. The maximum atomic E-state index is 15.1. The van der Waals surface area contributed by atoms with Gasteiger partial charge in [-0.1, -0.05) is 6.07 Å². The van der Waals surface area contributed by atoms with Crippen molar-refractivity contribution in [2.75, 3.05) is 25.1 Å². The molecular weight excluding hydrogens is 558 g/mol. The highest BCUT2D eigenvalue weighted by Gasteiger charge is 2.43. The van der Waals surface area contributed by atoms with E-state index in [1.54, 1.807) is 24.4 Å². The molecule has 1 aliphatic heterocycles. The first-order chi connectivity index (χ1) is 20.1. The number of pyridine rings is 1. The predicted octanol–water partition coefficient (Wildman–Crippen LogP) is 6.00. The van der Waals surface area contributed by atoms with Crippen molar-refractivity contribution in [2.24, 2.45) is 10.4 Å². The minimum Gasteiger partial charge on any atom is -0.490 e. The van der Waals surface area contributed by atoms with Gasteiger partial charge in [-0.2, -0.15) is 5.26 Å². The van der Waals surface area contributed by atoms with Gasteiger partial charge in [0, 0.05) is 35.8 Å². The molecular formula is C29H25F4N5O4. The molecule has 0 saturated heterocycles. The predicted molar refractivity (Wildman–Crippen MR) is 146 cm³/mol. The average molecular weight is 584 g/mol. The van der Waals surface area contributed by atoms with Gasteiger partial charge in [0.15, 0.2) is 17.4 Å². The highest BCUT2D eigenvalue weighted by Crippen LogP contribution is 2.40. The van der Waals surface area contributed by atoms with Crippen molar-refractivity contribution in [3.8, 4) is 34.4 Å². The van der Waals surface area contributed by atoms with Gasteiger partial charge >= 0.3 is 0 Å². The second kappa shape index (κ2) is 11.6. The van der Waals surface area contributed by atoms with Crippen LogP contribution >= 0.6 is 0 Å². The first kappa shape index (κ1) is 28.7. The molecule has 2 aromatic heterocycles. The molecule has 1 aliphatic rings. The number of rotatable bonds is 8. The molecule has 4 aromatic rings. The van der Waals surface area contributed by atoms with E-state index in [1.807, 2.05) is 13.8 Å². The zero-order chi connectivity index (χ0) is 30.0. The number of hydrogen-bond acceptors (Lipinski definition) is 8. The topological polar surface area (TPSA) is 125 Å². The van der Waals surface area contributed by atoms with Crippen molar-refractivity contribution in [3.05, 3.63) is 66.0 Å². The molecule has 0 fully saturated rings. The molecule has 0 amide bonds. The highest BCUT2D eigenvalue weighted by molar-refractivity contribution is 5.98. The van der Waals surface area contributed by atoms with Crippen LogP contribution in [-0.4, -0.2) is 53.4 Å². The Kier molecular flexibility index (Phi) is 7.91. The number of halogens is 4. The number of amidine groups is 1. The lowest BCUT2D eigenvalue weighted by Gasteiger charge is -2.32. The third-order valence-electron chi connectivity index (χ3n) is 6.58. The summed E-state index contributed by atoms with van der Waals surface area (Å²) in [6.45, 7) is 1.90. The van der Waals surface area contributed by atoms with Crippen LogP contribution in [0.5, 0.6) is 17.2 Å². The molecule has 0 spiro atoms. The molecule has 9 nitrogen and oxygen atoms in total. The van der Waals surface area contributed by atoms with Crippen LogP contribution in [0.3, 0.4) is 0 Å². The van der Waals surface area contributed by atoms with Crippen LogP contribution in [0.2, 0.25) is 0 Å². The van der Waals surface area contributed by atoms with Gasteiger partial charge < -0.3 is 29.6 Å². The van der Waals surface area contributed by atoms with Gasteiger partial charge in [-0.3, -0.25) is 0 Å². The zero-order valence-electron chi connectivity index (χ0n) is 22.4. The van der Waals surface area contributed by atoms with E-state index in [-0.39, 0.29) is 23.6 Å². The summed E-state index contributed by atoms with van der Waals surface area (Å²) in [5.41, 5.74) is -0.0400. The Balaban J connectivity index is 1.43. The van der Waals surface area contributed by atoms with Crippen molar-refractivity contribution >= 4 is 22.7 Å². The molecule has 218 valence electrons. The SMILES string of the molecule is CC(C)Oc1ccc(-c2c[nH]c3nccc(Oc4c(F)cc(NC5=NCC(CO)(C(F)F)CO5)cc4F)c23)cc1C#N. The summed E-state index contributed by atoms with van der Waals surface area (Å²) in [5.74, 6) is -2.29. The molecule has 0 bridgehead atoms. The lowest BCUT2D eigenvalue weighted by molar-refractivity contribution is -0.0707. The fraction of sp³-hybridized carbons (Fsp3) is 0.276. The average Bonchev–Trinajstić information content (AvgIpc) is 3.40. The van der Waals surface area contributed by atoms with Gasteiger partial charge in [-0.25, -0.2) is 27.5 Å². The summed E-state index contributed by atoms with van der Waals surface area (Å²) < 4.78 is 73.4. The normalized spacial score (nSPS) is 16.7. The lowest BCUT2D eigenvalue weighted by atomic mass is 9.90. The second-order valence-corrected chi connectivity index (χ2v) is 9.95. The molecule has 5 rings (SSSR count). The van der Waals surface area contributed by atoms with E-state index >= 15 is 8.78 Å². The van der Waals surface area contributed by atoms with Gasteiger partial charge in [0.25, 0.3) is 12.4 Å². The Morgan fingerprint density at radius 3 is 2.55 bits per heavy atom. The number of aromatic nitrogens is 2. The summed E-state index contributed by atoms with van der Waals surface area (Å²) in [7, 11) is 0. The highest BCUT2D eigenvalue weighted by atomic mass is 19.3. The van der Waals surface area contributed by atoms with Crippen molar-refractivity contribution in [1.82, 2.24) is 9.97 Å². The molecule has 1 unspecified atom stereocenters. The maximum Gasteiger partial charge on any atom is 0.289 e. The monoisotopic (exact) mass is 583 g/mol. The number of nitriles is 1. The molecule has 0 aliphatic carbocycles. The van der Waals surface area contributed by atoms with E-state index in [9.17, 15) is 19.1 Å². The number of nitrogens with zero attached hydrogens (tertiary/aromatic N) is 3. The lowest BCUT2D eigenvalue weighted by Crippen LogP contribution is -2.46. The minimum absolute atomic E-state index is 0.0976. The Bertz CT molecular complexity index is 1680. The number of benzene rings is 2. The number of anilines is 1. The van der Waals surface area contributed by atoms with Crippen LogP contribution in [0.25, 0.3) is 22.2 Å². The molecule has 13 heteroatoms. The summed E-state index contributed by atoms with van der Waals surface area (Å²) >= 11 is 0. The molecule has 42 heavy (non-hydrogen) atoms. The van der Waals surface area contributed by atoms with Crippen molar-refractivity contribution in [3.63, 3.8) is 0 Å². The summed E-state index contributed by atoms with van der Waals surface area (Å²) in [5, 5.41) is 21.9. The quantitative estimate of drug-likeness (QED) is 0.217. The summed E-state index contributed by atoms with van der Waals surface area (Å²) in [6.07, 6.45) is 0.0552. The first-order valence-electron chi connectivity index (χ1n) is 12.8. The smallest absolute Gasteiger partial charge is 0.289 e. The molecule has 0 radical (unpaired) electrons. The zero-order valence-corrected chi connectivity index (χ0v) is 22.4. The van der Waals surface area contributed by atoms with Crippen molar-refractivity contribution < 1.29 is 36.9 Å². The number of aliphatic imine (C=N–C) groups is 1. The fourth-order valence-electron chi connectivity index (χ4n) is 4.35. The van der Waals surface area contributed by atoms with E-state index in [4.69, 9.17) is 14.2 Å². The van der Waals surface area contributed by atoms with Crippen LogP contribution < -0.4 is 14.8 Å². The third kappa shape index (κ3) is 5.53. The number of aliphatic hydroxyl groups is 1. The summed E-state index contributed by atoms with van der Waals surface area (Å²) in [6, 6.07) is 10.3. The fourth-order valence-corrected chi connectivity index (χ4v) is 4.35. The van der Waals surface area contributed by atoms with E-state index in [1.165, 1.54) is 12.3 Å². The number of hydrogen-bond donors (Lipinski definition) is 3. The first-order valence-corrected chi connectivity index (χ1v) is 12.8. The van der Waals surface area contributed by atoms with Crippen molar-refractivity contribution in [1.29, 1.82) is 5.26 Å². The Morgan fingerprint density at radius 2 is 1.93 bits per heavy atom. The van der Waals surface area contributed by atoms with E-state index < -0.39 is 49.0 Å². The molecule has 3 N–H and O–H groups in total. The molecule has 3 heterocycles. The van der Waals surface area contributed by atoms with Crippen molar-refractivity contribution in [2.45, 2.75) is 26.4 Å². The van der Waals surface area contributed by atoms with Crippen LogP contribution in [0.15, 0.2) is 53.8 Å². The number of nitrogens with one attached hydrogen (secondary N) is 2. The van der Waals surface area contributed by atoms with Crippen LogP contribution in [-0.2, 0) is 4.74 Å². The minimum atomic E-state index is -2.87. The number of ether oxygens (including phenoxy) is 3. The van der Waals surface area contributed by atoms with Gasteiger partial charge in [-0.05, 0) is 37.6 Å². The van der Waals surface area contributed by atoms with Crippen LogP contribution in [0.4, 0.5) is 23.2 Å². The summed E-state index contributed by atoms with van der Waals surface area (Å²) in [4.78, 5) is 11.1. The molecule has 0 saturated carbocycles. The molecule has 1 atom stereocenters. The Morgan fingerprint density at radius 1 is 1.17 bits per heavy atom. The van der Waals surface area contributed by atoms with Gasteiger partial charge in [0.1, 0.15) is 35.2 Å². The number of aromatic amines is 1. The van der Waals surface area contributed by atoms with Crippen LogP contribution in [0.1, 0.15) is 19.4 Å². The number of alkyl halides is 2. The third-order valence-corrected chi connectivity index (χ3v) is 6.58. The second-order valence-electron chi connectivity index (χ2n) is 9.95. The van der Waals surface area contributed by atoms with Gasteiger partial charge in [0.05, 0.1) is 30.2 Å². The maximum absolute atomic E-state index is 15.1. The Hall–Kier alpha value is -4.83. The van der Waals surface area contributed by atoms with Crippen LogP contribution in [0, 0.1) is 28.4 Å². The van der Waals surface area contributed by atoms with Gasteiger partial charge in [-0.15, -0.1) is 0 Å². The number of H-pyrrole nitrogens is 1. The Labute approximate surface area is 237 Å². The van der Waals surface area contributed by atoms with E-state index in [2.05, 4.69) is 26.3 Å².